The standard InChI is InChI=1S/C39H51N3O5/c1-3-34(39(45)46)42(37(43)22-19-30-11-5-4-6-12-30)35-15-8-7-13-31(35)14-9-25-40-26-23-33(24-27-40)41(32-20-17-29(2)18-21-32)38(44)36-16-10-28-47-36/h7-8,10,13,15-18,20-21,28,30,33-34H,3-6,9,11-12,14,19,22-27H2,1-2H3,(H,45,46). The second kappa shape index (κ2) is 16.8. The molecule has 1 N–H and O–H groups in total. The number of hydrogen-bond donors (Lipinski definition) is 1. The molecule has 0 radical (unpaired) electrons. The zero-order valence-electron chi connectivity index (χ0n) is 28.1. The molecule has 0 bridgehead atoms. The molecule has 5 rings (SSSR count). The zero-order valence-corrected chi connectivity index (χ0v) is 28.1. The Morgan fingerprint density at radius 1 is 0.936 bits per heavy atom. The number of piperidine rings is 1. The zero-order chi connectivity index (χ0) is 33.2. The third-order valence-corrected chi connectivity index (χ3v) is 10.1. The lowest BCUT2D eigenvalue weighted by atomic mass is 9.86. The molecular weight excluding hydrogens is 590 g/mol. The summed E-state index contributed by atoms with van der Waals surface area (Å²) in [5.41, 5.74) is 3.79. The normalized spacial score (nSPS) is 16.9. The summed E-state index contributed by atoms with van der Waals surface area (Å²) in [4.78, 5) is 45.5. The lowest BCUT2D eigenvalue weighted by molar-refractivity contribution is -0.140. The number of nitrogens with zero attached hydrogens (tertiary/aromatic N) is 3. The fourth-order valence-corrected chi connectivity index (χ4v) is 7.44. The van der Waals surface area contributed by atoms with Gasteiger partial charge in [0.05, 0.1) is 6.26 Å². The quantitative estimate of drug-likeness (QED) is 0.192. The van der Waals surface area contributed by atoms with Gasteiger partial charge in [-0.25, -0.2) is 4.79 Å². The average molecular weight is 642 g/mol. The largest absolute Gasteiger partial charge is 0.480 e. The molecule has 1 unspecified atom stereocenters. The Hall–Kier alpha value is -3.91. The van der Waals surface area contributed by atoms with E-state index in [2.05, 4.69) is 4.90 Å². The third-order valence-electron chi connectivity index (χ3n) is 10.1. The summed E-state index contributed by atoms with van der Waals surface area (Å²) in [7, 11) is 0. The maximum Gasteiger partial charge on any atom is 0.326 e. The molecule has 3 aromatic rings. The number of anilines is 2. The smallest absolute Gasteiger partial charge is 0.326 e. The molecule has 47 heavy (non-hydrogen) atoms. The fourth-order valence-electron chi connectivity index (χ4n) is 7.44. The highest BCUT2D eigenvalue weighted by molar-refractivity contribution is 6.04. The molecule has 2 aromatic carbocycles. The molecule has 1 saturated heterocycles. The van der Waals surface area contributed by atoms with Crippen LogP contribution in [0.3, 0.4) is 0 Å². The van der Waals surface area contributed by atoms with Crippen molar-refractivity contribution in [2.24, 2.45) is 5.92 Å². The summed E-state index contributed by atoms with van der Waals surface area (Å²) < 4.78 is 5.49. The molecule has 1 aromatic heterocycles. The predicted octanol–water partition coefficient (Wildman–Crippen LogP) is 7.89. The van der Waals surface area contributed by atoms with Crippen LogP contribution in [0.2, 0.25) is 0 Å². The average Bonchev–Trinajstić information content (AvgIpc) is 3.64. The lowest BCUT2D eigenvalue weighted by Crippen LogP contribution is -2.48. The van der Waals surface area contributed by atoms with Crippen molar-refractivity contribution in [2.45, 2.75) is 103 Å². The van der Waals surface area contributed by atoms with Gasteiger partial charge in [0.2, 0.25) is 5.91 Å². The van der Waals surface area contributed by atoms with Crippen molar-refractivity contribution in [2.75, 3.05) is 29.4 Å². The van der Waals surface area contributed by atoms with Crippen molar-refractivity contribution in [3.05, 3.63) is 83.8 Å². The van der Waals surface area contributed by atoms with Crippen LogP contribution < -0.4 is 9.80 Å². The van der Waals surface area contributed by atoms with E-state index in [0.29, 0.717) is 24.5 Å². The molecule has 8 nitrogen and oxygen atoms in total. The van der Waals surface area contributed by atoms with Crippen molar-refractivity contribution < 1.29 is 23.9 Å². The third kappa shape index (κ3) is 8.92. The van der Waals surface area contributed by atoms with E-state index >= 15 is 0 Å². The first kappa shape index (κ1) is 34.4. The minimum Gasteiger partial charge on any atom is -0.480 e. The Balaban J connectivity index is 1.21. The number of carboxylic acids is 1. The predicted molar refractivity (Wildman–Crippen MR) is 186 cm³/mol. The Bertz CT molecular complexity index is 1440. The maximum absolute atomic E-state index is 13.7. The van der Waals surface area contributed by atoms with Crippen LogP contribution in [-0.2, 0) is 16.0 Å². The first-order chi connectivity index (χ1) is 22.9. The Labute approximate surface area is 279 Å². The van der Waals surface area contributed by atoms with Crippen molar-refractivity contribution in [1.82, 2.24) is 4.90 Å². The van der Waals surface area contributed by atoms with Crippen LogP contribution in [-0.4, -0.2) is 59.5 Å². The van der Waals surface area contributed by atoms with E-state index in [0.717, 1.165) is 74.2 Å². The molecule has 8 heteroatoms. The minimum absolute atomic E-state index is 0.0717. The number of likely N-dealkylation sites (tertiary alicyclic amines) is 1. The highest BCUT2D eigenvalue weighted by atomic mass is 16.4. The monoisotopic (exact) mass is 641 g/mol. The number of aryl methyl sites for hydroxylation is 2. The van der Waals surface area contributed by atoms with Gasteiger partial charge in [0, 0.05) is 36.9 Å². The first-order valence-corrected chi connectivity index (χ1v) is 17.6. The van der Waals surface area contributed by atoms with Gasteiger partial charge in [-0.15, -0.1) is 0 Å². The van der Waals surface area contributed by atoms with Crippen LogP contribution in [0, 0.1) is 12.8 Å². The number of carboxylic acid groups (broad SMARTS) is 1. The van der Waals surface area contributed by atoms with Crippen molar-refractivity contribution >= 4 is 29.2 Å². The van der Waals surface area contributed by atoms with Crippen LogP contribution in [0.25, 0.3) is 0 Å². The number of aliphatic carboxylic acids is 1. The SMILES string of the molecule is CCC(C(=O)O)N(C(=O)CCC1CCCCC1)c1ccccc1CCCN1CCC(N(C(=O)c2ccco2)c2ccc(C)cc2)CC1. The van der Waals surface area contributed by atoms with E-state index in [9.17, 15) is 19.5 Å². The number of furan rings is 1. The molecular formula is C39H51N3O5. The number of benzene rings is 2. The second-order valence-electron chi connectivity index (χ2n) is 13.4. The lowest BCUT2D eigenvalue weighted by Gasteiger charge is -2.38. The molecule has 1 saturated carbocycles. The van der Waals surface area contributed by atoms with Gasteiger partial charge in [-0.2, -0.15) is 0 Å². The first-order valence-electron chi connectivity index (χ1n) is 17.6. The summed E-state index contributed by atoms with van der Waals surface area (Å²) in [5.74, 6) is -0.242. The van der Waals surface area contributed by atoms with Gasteiger partial charge >= 0.3 is 5.97 Å². The number of carbonyl (C=O) groups is 3. The molecule has 2 heterocycles. The molecule has 2 aliphatic rings. The maximum atomic E-state index is 13.7. The van der Waals surface area contributed by atoms with E-state index < -0.39 is 12.0 Å². The van der Waals surface area contributed by atoms with Crippen LogP contribution in [0.1, 0.15) is 99.2 Å². The minimum atomic E-state index is -0.957. The molecule has 0 spiro atoms. The fraction of sp³-hybridized carbons (Fsp3) is 0.513. The van der Waals surface area contributed by atoms with Crippen LogP contribution in [0.5, 0.6) is 0 Å². The number of rotatable bonds is 14. The Morgan fingerprint density at radius 3 is 2.32 bits per heavy atom. The molecule has 1 aliphatic heterocycles. The van der Waals surface area contributed by atoms with E-state index in [1.165, 1.54) is 38.4 Å². The van der Waals surface area contributed by atoms with Gasteiger partial charge in [0.25, 0.3) is 5.91 Å². The highest BCUT2D eigenvalue weighted by Gasteiger charge is 2.33. The van der Waals surface area contributed by atoms with Gasteiger partial charge in [-0.1, -0.05) is 74.9 Å². The molecule has 1 atom stereocenters. The van der Waals surface area contributed by atoms with E-state index in [1.54, 1.807) is 17.0 Å². The molecule has 2 amide bonds. The second-order valence-corrected chi connectivity index (χ2v) is 13.4. The highest BCUT2D eigenvalue weighted by Crippen LogP contribution is 2.31. The van der Waals surface area contributed by atoms with Gasteiger partial charge in [0.1, 0.15) is 6.04 Å². The van der Waals surface area contributed by atoms with Gasteiger partial charge < -0.3 is 19.3 Å². The van der Waals surface area contributed by atoms with Gasteiger partial charge in [0.15, 0.2) is 5.76 Å². The number of carbonyl (C=O) groups excluding carboxylic acids is 2. The summed E-state index contributed by atoms with van der Waals surface area (Å²) in [6.07, 6.45) is 12.5. The molecule has 252 valence electrons. The summed E-state index contributed by atoms with van der Waals surface area (Å²) in [6.45, 7) is 6.53. The molecule has 1 aliphatic carbocycles. The van der Waals surface area contributed by atoms with Crippen LogP contribution >= 0.6 is 0 Å². The number of amides is 2. The summed E-state index contributed by atoms with van der Waals surface area (Å²) in [5, 5.41) is 10.1. The van der Waals surface area contributed by atoms with E-state index in [4.69, 9.17) is 4.42 Å². The van der Waals surface area contributed by atoms with Gasteiger partial charge in [-0.05, 0) is 93.8 Å². The van der Waals surface area contributed by atoms with Crippen LogP contribution in [0.4, 0.5) is 11.4 Å². The summed E-state index contributed by atoms with van der Waals surface area (Å²) >= 11 is 0. The van der Waals surface area contributed by atoms with E-state index in [1.807, 2.05) is 67.3 Å². The molecule has 2 fully saturated rings. The number of hydrogen-bond acceptors (Lipinski definition) is 5. The summed E-state index contributed by atoms with van der Waals surface area (Å²) in [6, 6.07) is 18.6. The topological polar surface area (TPSA) is 94.3 Å². The van der Waals surface area contributed by atoms with Gasteiger partial charge in [-0.3, -0.25) is 14.5 Å². The number of para-hydroxylation sites is 1. The van der Waals surface area contributed by atoms with Crippen LogP contribution in [0.15, 0.2) is 71.3 Å². The van der Waals surface area contributed by atoms with Crippen molar-refractivity contribution in [1.29, 1.82) is 0 Å². The van der Waals surface area contributed by atoms with Crippen molar-refractivity contribution in [3.8, 4) is 0 Å². The van der Waals surface area contributed by atoms with Crippen molar-refractivity contribution in [3.63, 3.8) is 0 Å². The Kier molecular flexibility index (Phi) is 12.3. The van der Waals surface area contributed by atoms with E-state index in [-0.39, 0.29) is 17.9 Å². The Morgan fingerprint density at radius 2 is 1.66 bits per heavy atom.